The quantitative estimate of drug-likeness (QED) is 0.815. The van der Waals surface area contributed by atoms with Gasteiger partial charge in [0.15, 0.2) is 0 Å². The highest BCUT2D eigenvalue weighted by Gasteiger charge is 2.10. The van der Waals surface area contributed by atoms with E-state index in [9.17, 15) is 4.79 Å². The number of aryl methyl sites for hydroxylation is 1. The van der Waals surface area contributed by atoms with Crippen LogP contribution in [-0.4, -0.2) is 11.7 Å². The summed E-state index contributed by atoms with van der Waals surface area (Å²) in [4.78, 5) is 13.1. The molecule has 0 spiro atoms. The standard InChI is InChI=1S/C17H18ClNOS/c1-12-6-8-16(9-7-12)21-11-17(20)19-13(2)14-4-3-5-15(18)10-14/h3-10,13H,11H2,1-2H3,(H,19,20). The van der Waals surface area contributed by atoms with Crippen LogP contribution in [0.3, 0.4) is 0 Å². The number of nitrogens with one attached hydrogen (secondary N) is 1. The number of hydrogen-bond donors (Lipinski definition) is 1. The normalized spacial score (nSPS) is 12.0. The molecule has 1 amide bonds. The zero-order chi connectivity index (χ0) is 15.2. The Labute approximate surface area is 134 Å². The van der Waals surface area contributed by atoms with E-state index in [1.165, 1.54) is 17.3 Å². The summed E-state index contributed by atoms with van der Waals surface area (Å²) in [5.41, 5.74) is 2.23. The number of benzene rings is 2. The average molecular weight is 320 g/mol. The first kappa shape index (κ1) is 15.9. The van der Waals surface area contributed by atoms with Crippen LogP contribution in [0.5, 0.6) is 0 Å². The molecule has 21 heavy (non-hydrogen) atoms. The van der Waals surface area contributed by atoms with Gasteiger partial charge in [0, 0.05) is 9.92 Å². The van der Waals surface area contributed by atoms with Crippen molar-refractivity contribution in [2.45, 2.75) is 24.8 Å². The fourth-order valence-corrected chi connectivity index (χ4v) is 2.83. The summed E-state index contributed by atoms with van der Waals surface area (Å²) < 4.78 is 0. The highest BCUT2D eigenvalue weighted by atomic mass is 35.5. The van der Waals surface area contributed by atoms with E-state index < -0.39 is 0 Å². The molecule has 1 unspecified atom stereocenters. The van der Waals surface area contributed by atoms with Crippen molar-refractivity contribution in [2.24, 2.45) is 0 Å². The molecule has 0 fully saturated rings. The van der Waals surface area contributed by atoms with Crippen LogP contribution in [0.1, 0.15) is 24.1 Å². The number of thioether (sulfide) groups is 1. The molecule has 4 heteroatoms. The number of amides is 1. The SMILES string of the molecule is Cc1ccc(SCC(=O)NC(C)c2cccc(Cl)c2)cc1. The predicted octanol–water partition coefficient (Wildman–Crippen LogP) is 4.62. The Morgan fingerprint density at radius 2 is 1.95 bits per heavy atom. The maximum absolute atomic E-state index is 12.0. The van der Waals surface area contributed by atoms with Crippen molar-refractivity contribution < 1.29 is 4.79 Å². The first-order valence-corrected chi connectivity index (χ1v) is 8.15. The molecule has 0 radical (unpaired) electrons. The zero-order valence-electron chi connectivity index (χ0n) is 12.1. The lowest BCUT2D eigenvalue weighted by molar-refractivity contribution is -0.119. The Morgan fingerprint density at radius 3 is 2.62 bits per heavy atom. The molecule has 0 aliphatic rings. The lowest BCUT2D eigenvalue weighted by Gasteiger charge is -2.14. The molecule has 0 heterocycles. The molecule has 0 aromatic heterocycles. The van der Waals surface area contributed by atoms with Crippen molar-refractivity contribution in [3.8, 4) is 0 Å². The monoisotopic (exact) mass is 319 g/mol. The first-order valence-electron chi connectivity index (χ1n) is 6.79. The van der Waals surface area contributed by atoms with Crippen LogP contribution in [-0.2, 0) is 4.79 Å². The van der Waals surface area contributed by atoms with Gasteiger partial charge in [0.2, 0.25) is 5.91 Å². The molecule has 1 atom stereocenters. The Morgan fingerprint density at radius 1 is 1.24 bits per heavy atom. The molecule has 2 rings (SSSR count). The van der Waals surface area contributed by atoms with E-state index in [2.05, 4.69) is 17.4 Å². The van der Waals surface area contributed by atoms with Crippen molar-refractivity contribution in [3.05, 3.63) is 64.7 Å². The summed E-state index contributed by atoms with van der Waals surface area (Å²) in [5.74, 6) is 0.432. The molecule has 2 aromatic rings. The summed E-state index contributed by atoms with van der Waals surface area (Å²) in [6.45, 7) is 4.01. The van der Waals surface area contributed by atoms with Gasteiger partial charge in [-0.3, -0.25) is 4.79 Å². The summed E-state index contributed by atoms with van der Waals surface area (Å²) in [6, 6.07) is 15.7. The van der Waals surface area contributed by atoms with Crippen molar-refractivity contribution in [1.29, 1.82) is 0 Å². The third-order valence-corrected chi connectivity index (χ3v) is 4.36. The van der Waals surface area contributed by atoms with Crippen molar-refractivity contribution in [1.82, 2.24) is 5.32 Å². The lowest BCUT2D eigenvalue weighted by atomic mass is 10.1. The third-order valence-electron chi connectivity index (χ3n) is 3.12. The van der Waals surface area contributed by atoms with E-state index in [4.69, 9.17) is 11.6 Å². The molecule has 0 bridgehead atoms. The second-order valence-electron chi connectivity index (χ2n) is 4.95. The van der Waals surface area contributed by atoms with E-state index in [0.717, 1.165) is 10.5 Å². The first-order chi connectivity index (χ1) is 10.0. The topological polar surface area (TPSA) is 29.1 Å². The molecular weight excluding hydrogens is 302 g/mol. The summed E-state index contributed by atoms with van der Waals surface area (Å²) in [5, 5.41) is 3.67. The van der Waals surface area contributed by atoms with Crippen LogP contribution in [0.25, 0.3) is 0 Å². The second-order valence-corrected chi connectivity index (χ2v) is 6.43. The minimum Gasteiger partial charge on any atom is -0.349 e. The number of hydrogen-bond acceptors (Lipinski definition) is 2. The minimum atomic E-state index is -0.0465. The Balaban J connectivity index is 1.85. The Hall–Kier alpha value is -1.45. The van der Waals surface area contributed by atoms with Crippen molar-refractivity contribution >= 4 is 29.3 Å². The molecule has 110 valence electrons. The van der Waals surface area contributed by atoms with E-state index in [0.29, 0.717) is 10.8 Å². The highest BCUT2D eigenvalue weighted by Crippen LogP contribution is 2.20. The van der Waals surface area contributed by atoms with Gasteiger partial charge in [-0.15, -0.1) is 11.8 Å². The van der Waals surface area contributed by atoms with Crippen LogP contribution >= 0.6 is 23.4 Å². The maximum Gasteiger partial charge on any atom is 0.230 e. The summed E-state index contributed by atoms with van der Waals surface area (Å²) >= 11 is 7.50. The van der Waals surface area contributed by atoms with Crippen LogP contribution in [0.4, 0.5) is 0 Å². The highest BCUT2D eigenvalue weighted by molar-refractivity contribution is 8.00. The van der Waals surface area contributed by atoms with Crippen molar-refractivity contribution in [2.75, 3.05) is 5.75 Å². The van der Waals surface area contributed by atoms with Gasteiger partial charge in [-0.25, -0.2) is 0 Å². The van der Waals surface area contributed by atoms with Crippen LogP contribution in [0, 0.1) is 6.92 Å². The smallest absolute Gasteiger partial charge is 0.230 e. The molecule has 0 saturated carbocycles. The van der Waals surface area contributed by atoms with Gasteiger partial charge in [-0.1, -0.05) is 41.4 Å². The molecule has 0 aliphatic carbocycles. The van der Waals surface area contributed by atoms with Crippen LogP contribution < -0.4 is 5.32 Å². The van der Waals surface area contributed by atoms with Gasteiger partial charge in [0.05, 0.1) is 11.8 Å². The fraction of sp³-hybridized carbons (Fsp3) is 0.235. The van der Waals surface area contributed by atoms with Crippen molar-refractivity contribution in [3.63, 3.8) is 0 Å². The minimum absolute atomic E-state index is 0.0213. The van der Waals surface area contributed by atoms with E-state index in [1.807, 2.05) is 50.2 Å². The van der Waals surface area contributed by atoms with Gasteiger partial charge in [-0.2, -0.15) is 0 Å². The molecular formula is C17H18ClNOS. The predicted molar refractivity (Wildman–Crippen MR) is 89.9 cm³/mol. The summed E-state index contributed by atoms with van der Waals surface area (Å²) in [6.07, 6.45) is 0. The summed E-state index contributed by atoms with van der Waals surface area (Å²) in [7, 11) is 0. The molecule has 0 aliphatic heterocycles. The number of rotatable bonds is 5. The maximum atomic E-state index is 12.0. The molecule has 0 saturated heterocycles. The van der Waals surface area contributed by atoms with E-state index in [1.54, 1.807) is 0 Å². The Bertz CT molecular complexity index is 612. The largest absolute Gasteiger partial charge is 0.349 e. The Kier molecular flexibility index (Phi) is 5.71. The van der Waals surface area contributed by atoms with E-state index >= 15 is 0 Å². The van der Waals surface area contributed by atoms with Crippen LogP contribution in [0.15, 0.2) is 53.4 Å². The van der Waals surface area contributed by atoms with Gasteiger partial charge in [0.25, 0.3) is 0 Å². The van der Waals surface area contributed by atoms with Crippen LogP contribution in [0.2, 0.25) is 5.02 Å². The van der Waals surface area contributed by atoms with Gasteiger partial charge < -0.3 is 5.32 Å². The average Bonchev–Trinajstić information content (AvgIpc) is 2.46. The number of carbonyl (C=O) groups excluding carboxylic acids is 1. The second kappa shape index (κ2) is 7.53. The third kappa shape index (κ3) is 5.10. The number of carbonyl (C=O) groups is 1. The fourth-order valence-electron chi connectivity index (χ4n) is 1.93. The van der Waals surface area contributed by atoms with E-state index in [-0.39, 0.29) is 11.9 Å². The molecule has 2 nitrogen and oxygen atoms in total. The lowest BCUT2D eigenvalue weighted by Crippen LogP contribution is -2.28. The zero-order valence-corrected chi connectivity index (χ0v) is 13.7. The van der Waals surface area contributed by atoms with Gasteiger partial charge in [-0.05, 0) is 43.7 Å². The number of halogens is 1. The molecule has 2 aromatic carbocycles. The molecule has 1 N–H and O–H groups in total. The van der Waals surface area contributed by atoms with Gasteiger partial charge in [0.1, 0.15) is 0 Å². The van der Waals surface area contributed by atoms with Gasteiger partial charge >= 0.3 is 0 Å².